The molecule has 1 amide bonds. The molecule has 24 heavy (non-hydrogen) atoms. The van der Waals surface area contributed by atoms with E-state index >= 15 is 0 Å². The second-order valence-corrected chi connectivity index (χ2v) is 6.60. The maximum absolute atomic E-state index is 12.5. The van der Waals surface area contributed by atoms with Crippen LogP contribution in [0.5, 0.6) is 0 Å². The van der Waals surface area contributed by atoms with Gasteiger partial charge in [-0.2, -0.15) is 5.26 Å². The highest BCUT2D eigenvalue weighted by molar-refractivity contribution is 5.97. The van der Waals surface area contributed by atoms with Crippen molar-refractivity contribution in [2.75, 3.05) is 38.5 Å². The third kappa shape index (κ3) is 4.15. The average molecular weight is 326 g/mol. The summed E-state index contributed by atoms with van der Waals surface area (Å²) < 4.78 is 0. The number of hydrogen-bond donors (Lipinski definition) is 1. The normalized spacial score (nSPS) is 16.2. The summed E-state index contributed by atoms with van der Waals surface area (Å²) in [5, 5.41) is 12.6. The van der Waals surface area contributed by atoms with Crippen molar-refractivity contribution < 1.29 is 4.79 Å². The Hall–Kier alpha value is -2.32. The molecule has 128 valence electrons. The molecule has 0 bridgehead atoms. The lowest BCUT2D eigenvalue weighted by atomic mass is 9.98. The smallest absolute Gasteiger partial charge is 0.266 e. The van der Waals surface area contributed by atoms with Crippen LogP contribution < -0.4 is 5.32 Å². The third-order valence-electron chi connectivity index (χ3n) is 4.43. The summed E-state index contributed by atoms with van der Waals surface area (Å²) >= 11 is 0. The van der Waals surface area contributed by atoms with E-state index in [4.69, 9.17) is 0 Å². The Morgan fingerprint density at radius 3 is 2.54 bits per heavy atom. The minimum absolute atomic E-state index is 0.150. The molecular weight excluding hydrogens is 300 g/mol. The number of para-hydroxylation sites is 1. The Kier molecular flexibility index (Phi) is 5.99. The molecule has 2 rings (SSSR count). The fourth-order valence-corrected chi connectivity index (χ4v) is 2.83. The lowest BCUT2D eigenvalue weighted by molar-refractivity contribution is -0.128. The molecule has 1 aliphatic rings. The second kappa shape index (κ2) is 7.98. The number of likely N-dealkylation sites (N-methyl/N-ethyl adjacent to an activating group) is 1. The first-order chi connectivity index (χ1) is 11.4. The van der Waals surface area contributed by atoms with Crippen LogP contribution in [0.3, 0.4) is 0 Å². The van der Waals surface area contributed by atoms with Crippen LogP contribution in [-0.4, -0.2) is 48.9 Å². The van der Waals surface area contributed by atoms with Gasteiger partial charge in [-0.1, -0.05) is 32.0 Å². The molecule has 0 atom stereocenters. The lowest BCUT2D eigenvalue weighted by Crippen LogP contribution is -2.47. The van der Waals surface area contributed by atoms with Crippen LogP contribution in [0.25, 0.3) is 0 Å². The molecule has 1 aromatic carbocycles. The van der Waals surface area contributed by atoms with E-state index in [-0.39, 0.29) is 11.5 Å². The maximum atomic E-state index is 12.5. The Morgan fingerprint density at radius 1 is 1.29 bits per heavy atom. The predicted molar refractivity (Wildman–Crippen MR) is 96.7 cm³/mol. The number of carbonyl (C=O) groups excluding carboxylic acids is 1. The molecule has 1 heterocycles. The fourth-order valence-electron chi connectivity index (χ4n) is 2.83. The van der Waals surface area contributed by atoms with Gasteiger partial charge in [0.25, 0.3) is 5.91 Å². The van der Waals surface area contributed by atoms with E-state index in [9.17, 15) is 10.1 Å². The first kappa shape index (κ1) is 18.0. The van der Waals surface area contributed by atoms with Gasteiger partial charge in [0.2, 0.25) is 0 Å². The van der Waals surface area contributed by atoms with Gasteiger partial charge in [0.05, 0.1) is 0 Å². The quantitative estimate of drug-likeness (QED) is 0.683. The van der Waals surface area contributed by atoms with Crippen molar-refractivity contribution in [2.24, 2.45) is 0 Å². The number of carbonyl (C=O) groups is 1. The molecule has 0 spiro atoms. The standard InChI is InChI=1S/C19H26N4O/c1-14(2)17-7-5-6-15(3)18(17)21-13-16(12-20)19(24)23-10-8-22(4)9-11-23/h5-7,13-14,21H,8-11H2,1-4H3/b16-13-. The fraction of sp³-hybridized carbons (Fsp3) is 0.474. The van der Waals surface area contributed by atoms with E-state index in [1.807, 2.05) is 32.2 Å². The highest BCUT2D eigenvalue weighted by Gasteiger charge is 2.22. The zero-order chi connectivity index (χ0) is 17.7. The van der Waals surface area contributed by atoms with Crippen molar-refractivity contribution in [3.05, 3.63) is 41.1 Å². The van der Waals surface area contributed by atoms with Gasteiger partial charge < -0.3 is 15.1 Å². The molecule has 1 saturated heterocycles. The van der Waals surface area contributed by atoms with Crippen LogP contribution in [-0.2, 0) is 4.79 Å². The van der Waals surface area contributed by atoms with Crippen molar-refractivity contribution in [3.8, 4) is 6.07 Å². The van der Waals surface area contributed by atoms with Gasteiger partial charge in [-0.15, -0.1) is 0 Å². The number of benzene rings is 1. The molecule has 0 aromatic heterocycles. The van der Waals surface area contributed by atoms with E-state index in [0.29, 0.717) is 19.0 Å². The summed E-state index contributed by atoms with van der Waals surface area (Å²) in [6, 6.07) is 8.17. The number of nitriles is 1. The highest BCUT2D eigenvalue weighted by atomic mass is 16.2. The van der Waals surface area contributed by atoms with Crippen molar-refractivity contribution in [2.45, 2.75) is 26.7 Å². The van der Waals surface area contributed by atoms with E-state index in [0.717, 1.165) is 24.3 Å². The summed E-state index contributed by atoms with van der Waals surface area (Å²) in [7, 11) is 2.04. The molecule has 1 fully saturated rings. The molecule has 0 unspecified atom stereocenters. The third-order valence-corrected chi connectivity index (χ3v) is 4.43. The van der Waals surface area contributed by atoms with E-state index < -0.39 is 0 Å². The van der Waals surface area contributed by atoms with E-state index in [2.05, 4.69) is 30.1 Å². The van der Waals surface area contributed by atoms with E-state index in [1.54, 1.807) is 11.1 Å². The summed E-state index contributed by atoms with van der Waals surface area (Å²) in [5.74, 6) is 0.164. The molecule has 0 saturated carbocycles. The van der Waals surface area contributed by atoms with Gasteiger partial charge in [0.1, 0.15) is 11.6 Å². The SMILES string of the molecule is Cc1cccc(C(C)C)c1N/C=C(/C#N)C(=O)N1CCN(C)CC1. The van der Waals surface area contributed by atoms with Crippen molar-refractivity contribution in [1.29, 1.82) is 5.26 Å². The van der Waals surface area contributed by atoms with Gasteiger partial charge >= 0.3 is 0 Å². The van der Waals surface area contributed by atoms with Crippen LogP contribution in [0.1, 0.15) is 30.9 Å². The van der Waals surface area contributed by atoms with Crippen LogP contribution in [0, 0.1) is 18.3 Å². The van der Waals surface area contributed by atoms with Crippen molar-refractivity contribution in [1.82, 2.24) is 9.80 Å². The van der Waals surface area contributed by atoms with Crippen molar-refractivity contribution >= 4 is 11.6 Å². The predicted octanol–water partition coefficient (Wildman–Crippen LogP) is 2.71. The number of piperazine rings is 1. The lowest BCUT2D eigenvalue weighted by Gasteiger charge is -2.32. The summed E-state index contributed by atoms with van der Waals surface area (Å²) in [6.45, 7) is 9.29. The highest BCUT2D eigenvalue weighted by Crippen LogP contribution is 2.27. The van der Waals surface area contributed by atoms with Gasteiger partial charge in [-0.05, 0) is 31.0 Å². The average Bonchev–Trinajstić information content (AvgIpc) is 2.56. The Bertz CT molecular complexity index is 664. The van der Waals surface area contributed by atoms with Gasteiger partial charge in [0, 0.05) is 38.1 Å². The zero-order valence-corrected chi connectivity index (χ0v) is 15.0. The number of nitrogens with zero attached hydrogens (tertiary/aromatic N) is 3. The van der Waals surface area contributed by atoms with Crippen LogP contribution in [0.4, 0.5) is 5.69 Å². The Morgan fingerprint density at radius 2 is 1.96 bits per heavy atom. The largest absolute Gasteiger partial charge is 0.360 e. The minimum atomic E-state index is -0.196. The first-order valence-electron chi connectivity index (χ1n) is 8.38. The Balaban J connectivity index is 2.18. The second-order valence-electron chi connectivity index (χ2n) is 6.60. The first-order valence-corrected chi connectivity index (χ1v) is 8.38. The van der Waals surface area contributed by atoms with Gasteiger partial charge in [-0.25, -0.2) is 0 Å². The number of rotatable bonds is 4. The van der Waals surface area contributed by atoms with Crippen LogP contribution in [0.15, 0.2) is 30.0 Å². The molecule has 5 nitrogen and oxygen atoms in total. The minimum Gasteiger partial charge on any atom is -0.360 e. The van der Waals surface area contributed by atoms with Crippen LogP contribution in [0.2, 0.25) is 0 Å². The molecule has 0 aliphatic carbocycles. The summed E-state index contributed by atoms with van der Waals surface area (Å²) in [4.78, 5) is 16.5. The molecule has 1 aromatic rings. The molecule has 0 radical (unpaired) electrons. The topological polar surface area (TPSA) is 59.4 Å². The number of anilines is 1. The molecular formula is C19H26N4O. The zero-order valence-electron chi connectivity index (χ0n) is 15.0. The van der Waals surface area contributed by atoms with Gasteiger partial charge in [-0.3, -0.25) is 4.79 Å². The number of nitrogens with one attached hydrogen (secondary N) is 1. The number of hydrogen-bond acceptors (Lipinski definition) is 4. The van der Waals surface area contributed by atoms with Crippen molar-refractivity contribution in [3.63, 3.8) is 0 Å². The summed E-state index contributed by atoms with van der Waals surface area (Å²) in [6.07, 6.45) is 1.55. The molecule has 5 heteroatoms. The monoisotopic (exact) mass is 326 g/mol. The number of amides is 1. The Labute approximate surface area is 144 Å². The van der Waals surface area contributed by atoms with Crippen LogP contribution >= 0.6 is 0 Å². The number of aryl methyl sites for hydroxylation is 1. The van der Waals surface area contributed by atoms with Gasteiger partial charge in [0.15, 0.2) is 0 Å². The van der Waals surface area contributed by atoms with E-state index in [1.165, 1.54) is 5.56 Å². The molecule has 1 aliphatic heterocycles. The maximum Gasteiger partial charge on any atom is 0.266 e. The summed E-state index contributed by atoms with van der Waals surface area (Å²) in [5.41, 5.74) is 3.40. The molecule has 1 N–H and O–H groups in total.